The molecule has 0 aliphatic rings. The Kier molecular flexibility index (Phi) is 5.43. The molecule has 1 unspecified atom stereocenters. The van der Waals surface area contributed by atoms with Gasteiger partial charge in [0.2, 0.25) is 0 Å². The highest BCUT2D eigenvalue weighted by molar-refractivity contribution is 9.10. The fraction of sp³-hybridized carbons (Fsp3) is 0.538. The summed E-state index contributed by atoms with van der Waals surface area (Å²) in [6, 6.07) is 7.82. The van der Waals surface area contributed by atoms with Crippen molar-refractivity contribution in [1.29, 1.82) is 0 Å². The molecule has 0 aliphatic carbocycles. The van der Waals surface area contributed by atoms with Crippen LogP contribution in [0.2, 0.25) is 0 Å². The first-order chi connectivity index (χ1) is 7.88. The van der Waals surface area contributed by atoms with Gasteiger partial charge < -0.3 is 15.2 Å². The fourth-order valence-electron chi connectivity index (χ4n) is 1.24. The van der Waals surface area contributed by atoms with Gasteiger partial charge in [-0.15, -0.1) is 0 Å². The van der Waals surface area contributed by atoms with Crippen molar-refractivity contribution >= 4 is 21.6 Å². The summed E-state index contributed by atoms with van der Waals surface area (Å²) in [5, 5.41) is 12.9. The summed E-state index contributed by atoms with van der Waals surface area (Å²) in [5.41, 5.74) is 0.760. The van der Waals surface area contributed by atoms with Crippen LogP contribution in [-0.2, 0) is 4.74 Å². The van der Waals surface area contributed by atoms with Crippen molar-refractivity contribution in [2.75, 3.05) is 18.5 Å². The zero-order valence-corrected chi connectivity index (χ0v) is 12.1. The number of anilines is 1. The monoisotopic (exact) mass is 301 g/mol. The highest BCUT2D eigenvalue weighted by Gasteiger charge is 2.13. The van der Waals surface area contributed by atoms with Crippen LogP contribution in [-0.4, -0.2) is 30.0 Å². The molecule has 1 rings (SSSR count). The molecule has 0 saturated carbocycles. The molecule has 96 valence electrons. The topological polar surface area (TPSA) is 41.5 Å². The van der Waals surface area contributed by atoms with Crippen molar-refractivity contribution in [3.05, 3.63) is 28.7 Å². The van der Waals surface area contributed by atoms with E-state index >= 15 is 0 Å². The number of aliphatic hydroxyl groups is 1. The van der Waals surface area contributed by atoms with E-state index in [9.17, 15) is 5.11 Å². The van der Waals surface area contributed by atoms with Crippen LogP contribution in [0.15, 0.2) is 28.7 Å². The minimum absolute atomic E-state index is 0.214. The molecule has 0 radical (unpaired) electrons. The Bertz CT molecular complexity index is 350. The lowest BCUT2D eigenvalue weighted by Crippen LogP contribution is -2.30. The van der Waals surface area contributed by atoms with Crippen LogP contribution in [0.25, 0.3) is 0 Å². The molecule has 3 nitrogen and oxygen atoms in total. The molecule has 0 amide bonds. The molecule has 17 heavy (non-hydrogen) atoms. The molecule has 1 aromatic carbocycles. The van der Waals surface area contributed by atoms with Crippen LogP contribution in [0.5, 0.6) is 0 Å². The lowest BCUT2D eigenvalue weighted by molar-refractivity contribution is -0.0449. The van der Waals surface area contributed by atoms with Gasteiger partial charge in [-0.2, -0.15) is 0 Å². The highest BCUT2D eigenvalue weighted by Crippen LogP contribution is 2.21. The van der Waals surface area contributed by atoms with Crippen molar-refractivity contribution in [3.63, 3.8) is 0 Å². The summed E-state index contributed by atoms with van der Waals surface area (Å²) in [5.74, 6) is 0. The maximum Gasteiger partial charge on any atom is 0.0945 e. The van der Waals surface area contributed by atoms with Gasteiger partial charge >= 0.3 is 0 Å². The fourth-order valence-corrected chi connectivity index (χ4v) is 1.66. The summed E-state index contributed by atoms with van der Waals surface area (Å²) < 4.78 is 6.50. The van der Waals surface area contributed by atoms with E-state index in [0.717, 1.165) is 10.2 Å². The summed E-state index contributed by atoms with van der Waals surface area (Å²) in [6.07, 6.45) is -0.513. The lowest BCUT2D eigenvalue weighted by atomic mass is 10.2. The molecular weight excluding hydrogens is 282 g/mol. The van der Waals surface area contributed by atoms with Gasteiger partial charge in [0, 0.05) is 16.7 Å². The molecule has 2 N–H and O–H groups in total. The van der Waals surface area contributed by atoms with Crippen LogP contribution in [0.3, 0.4) is 0 Å². The predicted octanol–water partition coefficient (Wildman–Crippen LogP) is 3.04. The Balaban J connectivity index is 2.34. The maximum atomic E-state index is 9.76. The van der Waals surface area contributed by atoms with Gasteiger partial charge in [0.25, 0.3) is 0 Å². The molecule has 1 atom stereocenters. The van der Waals surface area contributed by atoms with E-state index in [1.807, 2.05) is 45.0 Å². The number of rotatable bonds is 5. The minimum atomic E-state index is -0.513. The van der Waals surface area contributed by atoms with Crippen molar-refractivity contribution in [2.45, 2.75) is 32.5 Å². The van der Waals surface area contributed by atoms with Crippen LogP contribution in [0.1, 0.15) is 20.8 Å². The minimum Gasteiger partial charge on any atom is -0.389 e. The summed E-state index contributed by atoms with van der Waals surface area (Å²) in [7, 11) is 0. The van der Waals surface area contributed by atoms with Gasteiger partial charge in [0.15, 0.2) is 0 Å². The van der Waals surface area contributed by atoms with E-state index in [0.29, 0.717) is 13.2 Å². The number of hydrogen-bond donors (Lipinski definition) is 2. The van der Waals surface area contributed by atoms with E-state index in [1.54, 1.807) is 0 Å². The number of para-hydroxylation sites is 1. The Morgan fingerprint density at radius 1 is 1.35 bits per heavy atom. The quantitative estimate of drug-likeness (QED) is 0.878. The molecular formula is C13H20BrNO2. The van der Waals surface area contributed by atoms with E-state index in [-0.39, 0.29) is 5.60 Å². The van der Waals surface area contributed by atoms with Crippen LogP contribution in [0, 0.1) is 0 Å². The zero-order chi connectivity index (χ0) is 12.9. The summed E-state index contributed by atoms with van der Waals surface area (Å²) >= 11 is 3.44. The second-order valence-corrected chi connectivity index (χ2v) is 5.79. The smallest absolute Gasteiger partial charge is 0.0945 e. The van der Waals surface area contributed by atoms with Crippen molar-refractivity contribution in [3.8, 4) is 0 Å². The standard InChI is InChI=1S/C13H20BrNO2/c1-13(2,3)17-9-10(16)8-15-12-7-5-4-6-11(12)14/h4-7,10,15-16H,8-9H2,1-3H3. The van der Waals surface area contributed by atoms with Crippen molar-refractivity contribution in [1.82, 2.24) is 0 Å². The second kappa shape index (κ2) is 6.38. The van der Waals surface area contributed by atoms with Gasteiger partial charge in [0.05, 0.1) is 18.3 Å². The molecule has 0 fully saturated rings. The first-order valence-electron chi connectivity index (χ1n) is 5.69. The van der Waals surface area contributed by atoms with E-state index < -0.39 is 6.10 Å². The summed E-state index contributed by atoms with van der Waals surface area (Å²) in [6.45, 7) is 6.72. The number of nitrogens with one attached hydrogen (secondary N) is 1. The van der Waals surface area contributed by atoms with E-state index in [1.165, 1.54) is 0 Å². The molecule has 4 heteroatoms. The van der Waals surface area contributed by atoms with Gasteiger partial charge in [0.1, 0.15) is 0 Å². The van der Waals surface area contributed by atoms with Gasteiger partial charge in [-0.1, -0.05) is 12.1 Å². The predicted molar refractivity (Wildman–Crippen MR) is 74.3 cm³/mol. The molecule has 0 aliphatic heterocycles. The number of ether oxygens (including phenoxy) is 1. The highest BCUT2D eigenvalue weighted by atomic mass is 79.9. The Labute approximate surface area is 111 Å². The Morgan fingerprint density at radius 2 is 2.00 bits per heavy atom. The average molecular weight is 302 g/mol. The Morgan fingerprint density at radius 3 is 2.59 bits per heavy atom. The first-order valence-corrected chi connectivity index (χ1v) is 6.48. The molecule has 0 aromatic heterocycles. The third kappa shape index (κ3) is 6.05. The van der Waals surface area contributed by atoms with Crippen LogP contribution < -0.4 is 5.32 Å². The van der Waals surface area contributed by atoms with Crippen LogP contribution in [0.4, 0.5) is 5.69 Å². The second-order valence-electron chi connectivity index (χ2n) is 4.94. The van der Waals surface area contributed by atoms with E-state index in [4.69, 9.17) is 4.74 Å². The molecule has 0 heterocycles. The number of halogens is 1. The molecule has 0 spiro atoms. The maximum absolute atomic E-state index is 9.76. The molecule has 0 bridgehead atoms. The average Bonchev–Trinajstić information content (AvgIpc) is 2.24. The van der Waals surface area contributed by atoms with Crippen LogP contribution >= 0.6 is 15.9 Å². The summed E-state index contributed by atoms with van der Waals surface area (Å²) in [4.78, 5) is 0. The lowest BCUT2D eigenvalue weighted by Gasteiger charge is -2.22. The van der Waals surface area contributed by atoms with Gasteiger partial charge in [-0.05, 0) is 48.8 Å². The molecule has 1 aromatic rings. The Hall–Kier alpha value is -0.580. The van der Waals surface area contributed by atoms with Gasteiger partial charge in [-0.3, -0.25) is 0 Å². The zero-order valence-electron chi connectivity index (χ0n) is 10.5. The van der Waals surface area contributed by atoms with Gasteiger partial charge in [-0.25, -0.2) is 0 Å². The third-order valence-corrected chi connectivity index (χ3v) is 2.80. The molecule has 0 saturated heterocycles. The number of aliphatic hydroxyl groups excluding tert-OH is 1. The SMILES string of the molecule is CC(C)(C)OCC(O)CNc1ccccc1Br. The number of benzene rings is 1. The number of hydrogen-bond acceptors (Lipinski definition) is 3. The largest absolute Gasteiger partial charge is 0.389 e. The van der Waals surface area contributed by atoms with Crippen molar-refractivity contribution in [2.24, 2.45) is 0 Å². The normalized spacial score (nSPS) is 13.5. The van der Waals surface area contributed by atoms with Crippen molar-refractivity contribution < 1.29 is 9.84 Å². The van der Waals surface area contributed by atoms with E-state index in [2.05, 4.69) is 21.2 Å². The third-order valence-electron chi connectivity index (χ3n) is 2.11. The first kappa shape index (κ1) is 14.5.